The Morgan fingerprint density at radius 2 is 1.44 bits per heavy atom. The molecule has 4 heteroatoms. The summed E-state index contributed by atoms with van der Waals surface area (Å²) in [7, 11) is 0. The van der Waals surface area contributed by atoms with Gasteiger partial charge in [0.25, 0.3) is 0 Å². The topological polar surface area (TPSA) is 38.7 Å². The van der Waals surface area contributed by atoms with Gasteiger partial charge in [-0.05, 0) is 42.0 Å². The highest BCUT2D eigenvalue weighted by molar-refractivity contribution is 5.32. The molecule has 0 radical (unpaired) electrons. The van der Waals surface area contributed by atoms with Gasteiger partial charge in [0.1, 0.15) is 24.1 Å². The zero-order chi connectivity index (χ0) is 12.8. The maximum Gasteiger partial charge on any atom is 0.144 e. The molecule has 2 aromatic carbocycles. The Morgan fingerprint density at radius 3 is 2.00 bits per heavy atom. The first kappa shape index (κ1) is 12.5. The molecule has 0 unspecified atom stereocenters. The Kier molecular flexibility index (Phi) is 4.28. The van der Waals surface area contributed by atoms with Crippen LogP contribution in [0.15, 0.2) is 48.5 Å². The summed E-state index contributed by atoms with van der Waals surface area (Å²) in [4.78, 5) is 0. The first-order valence-electron chi connectivity index (χ1n) is 5.49. The third-order valence-electron chi connectivity index (χ3n) is 2.33. The van der Waals surface area contributed by atoms with E-state index < -0.39 is 0 Å². The Balaban J connectivity index is 1.99. The van der Waals surface area contributed by atoms with Crippen LogP contribution < -0.4 is 4.74 Å². The van der Waals surface area contributed by atoms with Crippen molar-refractivity contribution >= 4 is 0 Å². The number of hydrogen-bond acceptors (Lipinski definition) is 3. The number of rotatable bonds is 5. The molecule has 0 amide bonds. The first-order valence-corrected chi connectivity index (χ1v) is 5.49. The monoisotopic (exact) mass is 248 g/mol. The van der Waals surface area contributed by atoms with Gasteiger partial charge in [0.05, 0.1) is 6.61 Å². The van der Waals surface area contributed by atoms with Gasteiger partial charge in [0.2, 0.25) is 0 Å². The highest BCUT2D eigenvalue weighted by Crippen LogP contribution is 2.21. The molecule has 94 valence electrons. The summed E-state index contributed by atoms with van der Waals surface area (Å²) < 4.78 is 23.1. The predicted octanol–water partition coefficient (Wildman–Crippen LogP) is 3.08. The average molecular weight is 248 g/mol. The number of ether oxygens (including phenoxy) is 2. The second-order valence-electron chi connectivity index (χ2n) is 3.68. The minimum absolute atomic E-state index is 0.293. The molecule has 0 spiro atoms. The van der Waals surface area contributed by atoms with Crippen LogP contribution in [-0.4, -0.2) is 11.9 Å². The Morgan fingerprint density at radius 1 is 0.889 bits per heavy atom. The molecular weight excluding hydrogens is 235 g/mol. The number of aliphatic hydroxyl groups excluding tert-OH is 1. The van der Waals surface area contributed by atoms with Crippen molar-refractivity contribution < 1.29 is 19.0 Å². The van der Waals surface area contributed by atoms with Gasteiger partial charge < -0.3 is 14.6 Å². The summed E-state index contributed by atoms with van der Waals surface area (Å²) >= 11 is 0. The minimum Gasteiger partial charge on any atom is -0.457 e. The molecular formula is C14H13FO3. The second-order valence-corrected chi connectivity index (χ2v) is 3.68. The van der Waals surface area contributed by atoms with E-state index in [1.807, 2.05) is 12.1 Å². The van der Waals surface area contributed by atoms with Gasteiger partial charge in [0.15, 0.2) is 0 Å². The van der Waals surface area contributed by atoms with Crippen LogP contribution in [0, 0.1) is 5.82 Å². The Labute approximate surface area is 104 Å². The number of halogens is 1. The van der Waals surface area contributed by atoms with Crippen LogP contribution in [-0.2, 0) is 11.3 Å². The fourth-order valence-corrected chi connectivity index (χ4v) is 1.46. The SMILES string of the molecule is OCOCc1ccc(Oc2ccc(F)cc2)cc1. The Bertz CT molecular complexity index is 479. The first-order chi connectivity index (χ1) is 8.78. The maximum atomic E-state index is 12.7. The zero-order valence-electron chi connectivity index (χ0n) is 9.67. The fourth-order valence-electron chi connectivity index (χ4n) is 1.46. The third-order valence-corrected chi connectivity index (χ3v) is 2.33. The number of hydrogen-bond donors (Lipinski definition) is 1. The molecule has 0 saturated carbocycles. The molecule has 3 nitrogen and oxygen atoms in total. The summed E-state index contributed by atoms with van der Waals surface area (Å²) in [5.41, 5.74) is 0.940. The lowest BCUT2D eigenvalue weighted by Gasteiger charge is -2.06. The molecule has 0 aliphatic carbocycles. The fraction of sp³-hybridized carbons (Fsp3) is 0.143. The van der Waals surface area contributed by atoms with Crippen molar-refractivity contribution in [2.75, 3.05) is 6.79 Å². The lowest BCUT2D eigenvalue weighted by atomic mass is 10.2. The molecule has 2 rings (SSSR count). The smallest absolute Gasteiger partial charge is 0.144 e. The van der Waals surface area contributed by atoms with Crippen molar-refractivity contribution in [1.82, 2.24) is 0 Å². The quantitative estimate of drug-likeness (QED) is 0.826. The van der Waals surface area contributed by atoms with Crippen molar-refractivity contribution in [2.24, 2.45) is 0 Å². The van der Waals surface area contributed by atoms with E-state index >= 15 is 0 Å². The van der Waals surface area contributed by atoms with Crippen LogP contribution in [0.1, 0.15) is 5.56 Å². The molecule has 18 heavy (non-hydrogen) atoms. The van der Waals surface area contributed by atoms with Gasteiger partial charge >= 0.3 is 0 Å². The third kappa shape index (κ3) is 3.55. The van der Waals surface area contributed by atoms with E-state index in [-0.39, 0.29) is 12.6 Å². The van der Waals surface area contributed by atoms with Crippen molar-refractivity contribution in [3.05, 3.63) is 59.9 Å². The van der Waals surface area contributed by atoms with Crippen molar-refractivity contribution in [3.63, 3.8) is 0 Å². The highest BCUT2D eigenvalue weighted by atomic mass is 19.1. The molecule has 0 atom stereocenters. The average Bonchev–Trinajstić information content (AvgIpc) is 2.41. The van der Waals surface area contributed by atoms with Crippen LogP contribution >= 0.6 is 0 Å². The summed E-state index contributed by atoms with van der Waals surface area (Å²) in [5, 5.41) is 8.52. The number of aliphatic hydroxyl groups is 1. The minimum atomic E-state index is -0.298. The summed E-state index contributed by atoms with van der Waals surface area (Å²) in [5.74, 6) is 0.948. The van der Waals surface area contributed by atoms with Gasteiger partial charge in [-0.1, -0.05) is 12.1 Å². The van der Waals surface area contributed by atoms with E-state index in [2.05, 4.69) is 0 Å². The van der Waals surface area contributed by atoms with Crippen LogP contribution in [0.25, 0.3) is 0 Å². The molecule has 0 saturated heterocycles. The molecule has 0 aliphatic rings. The standard InChI is InChI=1S/C14H13FO3/c15-12-3-7-14(8-4-12)18-13-5-1-11(2-6-13)9-17-10-16/h1-8,16H,9-10H2. The second kappa shape index (κ2) is 6.14. The van der Waals surface area contributed by atoms with E-state index in [1.54, 1.807) is 24.3 Å². The van der Waals surface area contributed by atoms with Gasteiger partial charge in [-0.25, -0.2) is 4.39 Å². The molecule has 0 bridgehead atoms. The molecule has 0 heterocycles. The molecule has 0 fully saturated rings. The lowest BCUT2D eigenvalue weighted by Crippen LogP contribution is -1.93. The van der Waals surface area contributed by atoms with Crippen molar-refractivity contribution in [3.8, 4) is 11.5 Å². The van der Waals surface area contributed by atoms with E-state index in [4.69, 9.17) is 14.6 Å². The van der Waals surface area contributed by atoms with Crippen molar-refractivity contribution in [1.29, 1.82) is 0 Å². The summed E-state index contributed by atoms with van der Waals surface area (Å²) in [6.07, 6.45) is 0. The van der Waals surface area contributed by atoms with Gasteiger partial charge in [-0.2, -0.15) is 0 Å². The highest BCUT2D eigenvalue weighted by Gasteiger charge is 1.98. The number of benzene rings is 2. The Hall–Kier alpha value is -1.91. The van der Waals surface area contributed by atoms with Gasteiger partial charge in [-0.3, -0.25) is 0 Å². The van der Waals surface area contributed by atoms with Crippen LogP contribution in [0.3, 0.4) is 0 Å². The molecule has 1 N–H and O–H groups in total. The van der Waals surface area contributed by atoms with Crippen LogP contribution in [0.2, 0.25) is 0 Å². The van der Waals surface area contributed by atoms with E-state index in [1.165, 1.54) is 12.1 Å². The zero-order valence-corrected chi connectivity index (χ0v) is 9.67. The van der Waals surface area contributed by atoms with Crippen LogP contribution in [0.4, 0.5) is 4.39 Å². The molecule has 0 aliphatic heterocycles. The summed E-state index contributed by atoms with van der Waals surface area (Å²) in [6.45, 7) is 0.0567. The molecule has 0 aromatic heterocycles. The van der Waals surface area contributed by atoms with Gasteiger partial charge in [0, 0.05) is 0 Å². The largest absolute Gasteiger partial charge is 0.457 e. The van der Waals surface area contributed by atoms with Crippen molar-refractivity contribution in [2.45, 2.75) is 6.61 Å². The lowest BCUT2D eigenvalue weighted by molar-refractivity contribution is -0.0112. The predicted molar refractivity (Wildman–Crippen MR) is 64.8 cm³/mol. The maximum absolute atomic E-state index is 12.7. The van der Waals surface area contributed by atoms with E-state index in [0.717, 1.165) is 5.56 Å². The van der Waals surface area contributed by atoms with E-state index in [0.29, 0.717) is 18.1 Å². The summed E-state index contributed by atoms with van der Waals surface area (Å²) in [6, 6.07) is 13.1. The van der Waals surface area contributed by atoms with E-state index in [9.17, 15) is 4.39 Å². The normalized spacial score (nSPS) is 10.3. The van der Waals surface area contributed by atoms with Crippen LogP contribution in [0.5, 0.6) is 11.5 Å². The molecule has 2 aromatic rings. The van der Waals surface area contributed by atoms with Gasteiger partial charge in [-0.15, -0.1) is 0 Å².